The molecule has 0 aromatic heterocycles. The second kappa shape index (κ2) is 9.45. The minimum atomic E-state index is 0.817. The standard InChI is InChI=1S/C11H16.C5H12/c1-3-10(2)9-11-7-5-4-6-8-11;1-4-5(2)3/h4-8,10H,3,9H2,1-2H3;5H,4H2,1-3H3. The van der Waals surface area contributed by atoms with Gasteiger partial charge in [0.25, 0.3) is 0 Å². The lowest BCUT2D eigenvalue weighted by atomic mass is 9.99. The van der Waals surface area contributed by atoms with E-state index in [1.54, 1.807) is 0 Å². The summed E-state index contributed by atoms with van der Waals surface area (Å²) >= 11 is 0. The van der Waals surface area contributed by atoms with Crippen molar-refractivity contribution in [1.29, 1.82) is 0 Å². The molecule has 0 heterocycles. The van der Waals surface area contributed by atoms with Crippen LogP contribution < -0.4 is 0 Å². The van der Waals surface area contributed by atoms with Crippen LogP contribution >= 0.6 is 0 Å². The third-order valence-electron chi connectivity index (χ3n) is 2.94. The Morgan fingerprint density at radius 2 is 1.38 bits per heavy atom. The maximum Gasteiger partial charge on any atom is -0.0253 e. The van der Waals surface area contributed by atoms with Crippen LogP contribution in [0.5, 0.6) is 0 Å². The first-order valence-electron chi connectivity index (χ1n) is 6.64. The Balaban J connectivity index is 0.000000385. The lowest BCUT2D eigenvalue weighted by Gasteiger charge is -2.06. The van der Waals surface area contributed by atoms with Crippen LogP contribution in [-0.4, -0.2) is 0 Å². The molecule has 0 saturated carbocycles. The zero-order chi connectivity index (χ0) is 12.4. The largest absolute Gasteiger partial charge is 0.0651 e. The number of hydrogen-bond donors (Lipinski definition) is 0. The molecule has 0 spiro atoms. The Bertz CT molecular complexity index is 235. The highest BCUT2D eigenvalue weighted by molar-refractivity contribution is 5.14. The molecule has 0 saturated heterocycles. The Kier molecular flexibility index (Phi) is 8.99. The van der Waals surface area contributed by atoms with Crippen molar-refractivity contribution in [2.75, 3.05) is 0 Å². The second-order valence-corrected chi connectivity index (χ2v) is 5.01. The van der Waals surface area contributed by atoms with Gasteiger partial charge < -0.3 is 0 Å². The van der Waals surface area contributed by atoms with Gasteiger partial charge in [0.1, 0.15) is 0 Å². The molecule has 0 bridgehead atoms. The van der Waals surface area contributed by atoms with E-state index in [1.807, 2.05) is 0 Å². The van der Waals surface area contributed by atoms with Crippen LogP contribution in [0.2, 0.25) is 0 Å². The molecule has 1 unspecified atom stereocenters. The monoisotopic (exact) mass is 220 g/mol. The molecule has 0 N–H and O–H groups in total. The summed E-state index contributed by atoms with van der Waals surface area (Å²) in [6.45, 7) is 11.2. The van der Waals surface area contributed by atoms with Gasteiger partial charge in [-0.05, 0) is 23.8 Å². The van der Waals surface area contributed by atoms with Gasteiger partial charge in [-0.1, -0.05) is 77.8 Å². The second-order valence-electron chi connectivity index (χ2n) is 5.01. The highest BCUT2D eigenvalue weighted by Crippen LogP contribution is 2.10. The Hall–Kier alpha value is -0.780. The predicted molar refractivity (Wildman–Crippen MR) is 74.7 cm³/mol. The van der Waals surface area contributed by atoms with Gasteiger partial charge in [-0.25, -0.2) is 0 Å². The van der Waals surface area contributed by atoms with Gasteiger partial charge in [0.15, 0.2) is 0 Å². The summed E-state index contributed by atoms with van der Waals surface area (Å²) in [5.74, 6) is 1.70. The maximum absolute atomic E-state index is 2.30. The number of hydrogen-bond acceptors (Lipinski definition) is 0. The molecule has 1 rings (SSSR count). The van der Waals surface area contributed by atoms with Crippen molar-refractivity contribution in [3.8, 4) is 0 Å². The van der Waals surface area contributed by atoms with Crippen LogP contribution in [0.1, 0.15) is 53.0 Å². The Morgan fingerprint density at radius 3 is 1.75 bits per heavy atom. The van der Waals surface area contributed by atoms with E-state index in [1.165, 1.54) is 24.8 Å². The van der Waals surface area contributed by atoms with Gasteiger partial charge in [0.2, 0.25) is 0 Å². The molecule has 0 aliphatic heterocycles. The third kappa shape index (κ3) is 8.52. The Labute approximate surface area is 102 Å². The van der Waals surface area contributed by atoms with Gasteiger partial charge in [0.05, 0.1) is 0 Å². The quantitative estimate of drug-likeness (QED) is 0.643. The van der Waals surface area contributed by atoms with E-state index in [4.69, 9.17) is 0 Å². The van der Waals surface area contributed by atoms with E-state index in [0.717, 1.165) is 11.8 Å². The van der Waals surface area contributed by atoms with Gasteiger partial charge in [0, 0.05) is 0 Å². The first kappa shape index (κ1) is 15.2. The fourth-order valence-electron chi connectivity index (χ4n) is 1.16. The molecule has 0 fully saturated rings. The number of rotatable bonds is 4. The predicted octanol–water partition coefficient (Wildman–Crippen LogP) is 5.33. The highest BCUT2D eigenvalue weighted by Gasteiger charge is 1.98. The van der Waals surface area contributed by atoms with Crippen molar-refractivity contribution in [3.05, 3.63) is 35.9 Å². The smallest absolute Gasteiger partial charge is 0.0253 e. The van der Waals surface area contributed by atoms with Gasteiger partial charge in [-0.15, -0.1) is 0 Å². The van der Waals surface area contributed by atoms with E-state index in [-0.39, 0.29) is 0 Å². The van der Waals surface area contributed by atoms with Crippen LogP contribution in [0.3, 0.4) is 0 Å². The van der Waals surface area contributed by atoms with Crippen LogP contribution in [0.25, 0.3) is 0 Å². The van der Waals surface area contributed by atoms with E-state index in [9.17, 15) is 0 Å². The van der Waals surface area contributed by atoms with Crippen LogP contribution in [-0.2, 0) is 6.42 Å². The van der Waals surface area contributed by atoms with Crippen LogP contribution in [0, 0.1) is 11.8 Å². The lowest BCUT2D eigenvalue weighted by Crippen LogP contribution is -1.96. The summed E-state index contributed by atoms with van der Waals surface area (Å²) < 4.78 is 0. The molecule has 16 heavy (non-hydrogen) atoms. The molecule has 92 valence electrons. The van der Waals surface area contributed by atoms with E-state index < -0.39 is 0 Å². The van der Waals surface area contributed by atoms with Crippen molar-refractivity contribution >= 4 is 0 Å². The van der Waals surface area contributed by atoms with Crippen molar-refractivity contribution < 1.29 is 0 Å². The summed E-state index contributed by atoms with van der Waals surface area (Å²) in [5, 5.41) is 0. The Morgan fingerprint density at radius 1 is 0.875 bits per heavy atom. The van der Waals surface area contributed by atoms with E-state index >= 15 is 0 Å². The summed E-state index contributed by atoms with van der Waals surface area (Å²) in [7, 11) is 0. The number of benzene rings is 1. The first-order valence-corrected chi connectivity index (χ1v) is 6.64. The van der Waals surface area contributed by atoms with Gasteiger partial charge >= 0.3 is 0 Å². The topological polar surface area (TPSA) is 0 Å². The normalized spacial score (nSPS) is 11.9. The summed E-state index contributed by atoms with van der Waals surface area (Å²) in [5.41, 5.74) is 1.46. The minimum absolute atomic E-state index is 0.817. The fourth-order valence-corrected chi connectivity index (χ4v) is 1.16. The lowest BCUT2D eigenvalue weighted by molar-refractivity contribution is 0.560. The molecule has 1 aromatic rings. The van der Waals surface area contributed by atoms with Crippen molar-refractivity contribution in [1.82, 2.24) is 0 Å². The molecule has 0 aliphatic carbocycles. The third-order valence-corrected chi connectivity index (χ3v) is 2.94. The molecule has 0 amide bonds. The van der Waals surface area contributed by atoms with Crippen molar-refractivity contribution in [2.45, 2.75) is 53.9 Å². The van der Waals surface area contributed by atoms with Crippen LogP contribution in [0.4, 0.5) is 0 Å². The zero-order valence-corrected chi connectivity index (χ0v) is 11.7. The summed E-state index contributed by atoms with van der Waals surface area (Å²) in [6, 6.07) is 10.7. The highest BCUT2D eigenvalue weighted by atomic mass is 14.0. The van der Waals surface area contributed by atoms with Crippen molar-refractivity contribution in [2.24, 2.45) is 11.8 Å². The average Bonchev–Trinajstić information content (AvgIpc) is 2.31. The molecule has 1 atom stereocenters. The molecule has 0 radical (unpaired) electrons. The van der Waals surface area contributed by atoms with Crippen LogP contribution in [0.15, 0.2) is 30.3 Å². The van der Waals surface area contributed by atoms with E-state index in [0.29, 0.717) is 0 Å². The maximum atomic E-state index is 2.30. The average molecular weight is 220 g/mol. The molecule has 1 aromatic carbocycles. The van der Waals surface area contributed by atoms with Gasteiger partial charge in [-0.3, -0.25) is 0 Å². The first-order chi connectivity index (χ1) is 7.60. The van der Waals surface area contributed by atoms with Gasteiger partial charge in [-0.2, -0.15) is 0 Å². The van der Waals surface area contributed by atoms with E-state index in [2.05, 4.69) is 65.0 Å². The molecule has 0 heteroatoms. The SMILES string of the molecule is CCC(C)C.CCC(C)Cc1ccccc1. The summed E-state index contributed by atoms with van der Waals surface area (Å²) in [6.07, 6.45) is 3.80. The zero-order valence-electron chi connectivity index (χ0n) is 11.7. The minimum Gasteiger partial charge on any atom is -0.0651 e. The summed E-state index contributed by atoms with van der Waals surface area (Å²) in [4.78, 5) is 0. The molecular formula is C16H28. The molecular weight excluding hydrogens is 192 g/mol. The fraction of sp³-hybridized carbons (Fsp3) is 0.625. The molecule has 0 nitrogen and oxygen atoms in total. The van der Waals surface area contributed by atoms with Crippen molar-refractivity contribution in [3.63, 3.8) is 0 Å². The molecule has 0 aliphatic rings.